The third kappa shape index (κ3) is 2.51. The van der Waals surface area contributed by atoms with Gasteiger partial charge in [0.1, 0.15) is 0 Å². The van der Waals surface area contributed by atoms with Crippen molar-refractivity contribution in [3.8, 4) is 0 Å². The molecule has 9 unspecified atom stereocenters. The summed E-state index contributed by atoms with van der Waals surface area (Å²) in [5, 5.41) is 9.81. The number of aliphatic hydroxyl groups excluding tert-OH is 1. The molecule has 24 heavy (non-hydrogen) atoms. The summed E-state index contributed by atoms with van der Waals surface area (Å²) in [4.78, 5) is 0. The second-order valence-electron chi connectivity index (χ2n) is 10.3. The Labute approximate surface area is 150 Å². The quantitative estimate of drug-likeness (QED) is 0.681. The van der Waals surface area contributed by atoms with E-state index in [4.69, 9.17) is 0 Å². The van der Waals surface area contributed by atoms with Gasteiger partial charge in [-0.15, -0.1) is 0 Å². The number of hydrogen-bond donors (Lipinski definition) is 1. The van der Waals surface area contributed by atoms with E-state index in [9.17, 15) is 5.11 Å². The van der Waals surface area contributed by atoms with Crippen LogP contribution in [0.25, 0.3) is 0 Å². The fourth-order valence-electron chi connectivity index (χ4n) is 8.62. The molecule has 0 amide bonds. The Morgan fingerprint density at radius 2 is 1.75 bits per heavy atom. The molecule has 4 aliphatic carbocycles. The normalized spacial score (nSPS) is 52.2. The van der Waals surface area contributed by atoms with Gasteiger partial charge in [0, 0.05) is 6.61 Å². The molecule has 0 aromatic heterocycles. The smallest absolute Gasteiger partial charge is 0.0459 e. The van der Waals surface area contributed by atoms with E-state index < -0.39 is 0 Å². The van der Waals surface area contributed by atoms with Crippen molar-refractivity contribution in [2.24, 2.45) is 52.8 Å². The van der Waals surface area contributed by atoms with Gasteiger partial charge in [-0.25, -0.2) is 0 Å². The highest BCUT2D eigenvalue weighted by molar-refractivity contribution is 5.07. The standard InChI is InChI=1S/C23H40O/c1-4-23-12-11-19-18-7-5-15(2)13-17(18)6-8-20(19)22(23)10-9-21(23)16(3)14-24/h15-22,24H,4-14H2,1-3H3. The fraction of sp³-hybridized carbons (Fsp3) is 1.00. The maximum absolute atomic E-state index is 9.81. The summed E-state index contributed by atoms with van der Waals surface area (Å²) in [6.07, 6.45) is 14.8. The summed E-state index contributed by atoms with van der Waals surface area (Å²) in [6, 6.07) is 0. The Morgan fingerprint density at radius 3 is 2.50 bits per heavy atom. The lowest BCUT2D eigenvalue weighted by Gasteiger charge is -2.57. The summed E-state index contributed by atoms with van der Waals surface area (Å²) < 4.78 is 0. The van der Waals surface area contributed by atoms with Gasteiger partial charge in [0.15, 0.2) is 0 Å². The molecule has 0 radical (unpaired) electrons. The predicted octanol–water partition coefficient (Wildman–Crippen LogP) is 5.91. The lowest BCUT2D eigenvalue weighted by molar-refractivity contribution is -0.0849. The molecule has 4 saturated carbocycles. The van der Waals surface area contributed by atoms with Gasteiger partial charge >= 0.3 is 0 Å². The van der Waals surface area contributed by atoms with E-state index in [0.717, 1.165) is 41.4 Å². The first-order valence-corrected chi connectivity index (χ1v) is 11.2. The first-order chi connectivity index (χ1) is 11.6. The second kappa shape index (κ2) is 6.60. The fourth-order valence-corrected chi connectivity index (χ4v) is 8.62. The van der Waals surface area contributed by atoms with Crippen molar-refractivity contribution >= 4 is 0 Å². The molecule has 1 N–H and O–H groups in total. The van der Waals surface area contributed by atoms with Crippen LogP contribution in [-0.4, -0.2) is 11.7 Å². The predicted molar refractivity (Wildman–Crippen MR) is 101 cm³/mol. The second-order valence-corrected chi connectivity index (χ2v) is 10.3. The van der Waals surface area contributed by atoms with Crippen LogP contribution in [0.1, 0.15) is 85.0 Å². The summed E-state index contributed by atoms with van der Waals surface area (Å²) in [5.74, 6) is 7.51. The molecule has 0 spiro atoms. The van der Waals surface area contributed by atoms with E-state index in [1.54, 1.807) is 0 Å². The van der Waals surface area contributed by atoms with E-state index >= 15 is 0 Å². The van der Waals surface area contributed by atoms with Gasteiger partial charge in [0.2, 0.25) is 0 Å². The van der Waals surface area contributed by atoms with Crippen LogP contribution >= 0.6 is 0 Å². The van der Waals surface area contributed by atoms with Crippen molar-refractivity contribution in [1.29, 1.82) is 0 Å². The number of aliphatic hydroxyl groups is 1. The van der Waals surface area contributed by atoms with Gasteiger partial charge in [-0.3, -0.25) is 0 Å². The topological polar surface area (TPSA) is 20.2 Å². The molecule has 4 rings (SSSR count). The van der Waals surface area contributed by atoms with Crippen molar-refractivity contribution in [2.45, 2.75) is 85.0 Å². The molecule has 138 valence electrons. The molecular formula is C23H40O. The Bertz CT molecular complexity index is 445. The largest absolute Gasteiger partial charge is 0.396 e. The van der Waals surface area contributed by atoms with Gasteiger partial charge in [0.05, 0.1) is 0 Å². The van der Waals surface area contributed by atoms with Crippen LogP contribution in [0.15, 0.2) is 0 Å². The highest BCUT2D eigenvalue weighted by Gasteiger charge is 2.58. The van der Waals surface area contributed by atoms with Crippen LogP contribution in [-0.2, 0) is 0 Å². The van der Waals surface area contributed by atoms with Gasteiger partial charge in [-0.1, -0.05) is 27.2 Å². The molecule has 0 bridgehead atoms. The SMILES string of the molecule is CCC12CCC3C4CCC(C)CC4CCC3C1CCC2C(C)CO. The van der Waals surface area contributed by atoms with Crippen LogP contribution < -0.4 is 0 Å². The Kier molecular flexibility index (Phi) is 4.78. The number of rotatable bonds is 3. The van der Waals surface area contributed by atoms with E-state index in [-0.39, 0.29) is 0 Å². The Morgan fingerprint density at radius 1 is 0.958 bits per heavy atom. The van der Waals surface area contributed by atoms with Crippen LogP contribution in [0, 0.1) is 52.8 Å². The van der Waals surface area contributed by atoms with Crippen LogP contribution in [0.3, 0.4) is 0 Å². The molecule has 0 saturated heterocycles. The van der Waals surface area contributed by atoms with Crippen LogP contribution in [0.5, 0.6) is 0 Å². The van der Waals surface area contributed by atoms with Gasteiger partial charge in [-0.2, -0.15) is 0 Å². The van der Waals surface area contributed by atoms with Crippen molar-refractivity contribution in [1.82, 2.24) is 0 Å². The van der Waals surface area contributed by atoms with Crippen molar-refractivity contribution in [3.63, 3.8) is 0 Å². The van der Waals surface area contributed by atoms with Crippen LogP contribution in [0.2, 0.25) is 0 Å². The minimum Gasteiger partial charge on any atom is -0.396 e. The van der Waals surface area contributed by atoms with Gasteiger partial charge in [0.25, 0.3) is 0 Å². The van der Waals surface area contributed by atoms with Crippen LogP contribution in [0.4, 0.5) is 0 Å². The molecule has 1 heteroatoms. The number of fused-ring (bicyclic) bond motifs is 5. The summed E-state index contributed by atoms with van der Waals surface area (Å²) in [6.45, 7) is 7.67. The molecule has 0 aliphatic heterocycles. The Balaban J connectivity index is 1.57. The molecule has 4 aliphatic rings. The number of hydrogen-bond acceptors (Lipinski definition) is 1. The van der Waals surface area contributed by atoms with Crippen molar-refractivity contribution in [3.05, 3.63) is 0 Å². The molecule has 0 aromatic carbocycles. The summed E-state index contributed by atoms with van der Waals surface area (Å²) in [5.41, 5.74) is 0.581. The molecule has 9 atom stereocenters. The maximum Gasteiger partial charge on any atom is 0.0459 e. The minimum absolute atomic E-state index is 0.399. The lowest BCUT2D eigenvalue weighted by atomic mass is 9.48. The summed E-state index contributed by atoms with van der Waals surface area (Å²) >= 11 is 0. The van der Waals surface area contributed by atoms with E-state index in [2.05, 4.69) is 20.8 Å². The third-order valence-corrected chi connectivity index (χ3v) is 9.63. The molecule has 1 nitrogen and oxygen atoms in total. The van der Waals surface area contributed by atoms with Crippen molar-refractivity contribution < 1.29 is 5.11 Å². The monoisotopic (exact) mass is 332 g/mol. The average molecular weight is 333 g/mol. The zero-order chi connectivity index (χ0) is 16.9. The average Bonchev–Trinajstić information content (AvgIpc) is 3.00. The molecule has 0 aromatic rings. The maximum atomic E-state index is 9.81. The van der Waals surface area contributed by atoms with Gasteiger partial charge < -0.3 is 5.11 Å². The minimum atomic E-state index is 0.399. The van der Waals surface area contributed by atoms with E-state index in [1.165, 1.54) is 64.2 Å². The lowest BCUT2D eigenvalue weighted by Crippen LogP contribution is -2.50. The Hall–Kier alpha value is -0.0400. The first kappa shape index (κ1) is 17.4. The molecular weight excluding hydrogens is 292 g/mol. The zero-order valence-electron chi connectivity index (χ0n) is 16.3. The third-order valence-electron chi connectivity index (χ3n) is 9.63. The highest BCUT2D eigenvalue weighted by Crippen LogP contribution is 2.66. The zero-order valence-corrected chi connectivity index (χ0v) is 16.3. The van der Waals surface area contributed by atoms with Gasteiger partial charge in [-0.05, 0) is 111 Å². The summed E-state index contributed by atoms with van der Waals surface area (Å²) in [7, 11) is 0. The molecule has 0 heterocycles. The van der Waals surface area contributed by atoms with Crippen molar-refractivity contribution in [2.75, 3.05) is 6.61 Å². The first-order valence-electron chi connectivity index (χ1n) is 11.2. The highest BCUT2D eigenvalue weighted by atomic mass is 16.3. The van der Waals surface area contributed by atoms with E-state index in [0.29, 0.717) is 17.9 Å². The molecule has 4 fully saturated rings. The van der Waals surface area contributed by atoms with E-state index in [1.807, 2.05) is 0 Å².